The van der Waals surface area contributed by atoms with E-state index in [-0.39, 0.29) is 35.2 Å². The number of amides is 1. The van der Waals surface area contributed by atoms with Gasteiger partial charge in [0.25, 0.3) is 0 Å². The van der Waals surface area contributed by atoms with Gasteiger partial charge in [0.05, 0.1) is 12.2 Å². The van der Waals surface area contributed by atoms with Crippen LogP contribution in [0.5, 0.6) is 0 Å². The fraction of sp³-hybridized carbons (Fsp3) is 0.513. The van der Waals surface area contributed by atoms with Crippen LogP contribution in [0.2, 0.25) is 0 Å². The Morgan fingerprint density at radius 2 is 1.77 bits per heavy atom. The number of carbonyl (C=O) groups excluding carboxylic acids is 2. The molecule has 5 rings (SSSR count). The maximum atomic E-state index is 14.2. The number of aliphatic hydroxyl groups is 1. The highest BCUT2D eigenvalue weighted by Crippen LogP contribution is 2.39. The quantitative estimate of drug-likeness (QED) is 0.262. The van der Waals surface area contributed by atoms with Gasteiger partial charge in [0, 0.05) is 75.5 Å². The van der Waals surface area contributed by atoms with Gasteiger partial charge < -0.3 is 15.2 Å². The van der Waals surface area contributed by atoms with Gasteiger partial charge in [0.15, 0.2) is 0 Å². The lowest BCUT2D eigenvalue weighted by Gasteiger charge is -2.42. The van der Waals surface area contributed by atoms with Gasteiger partial charge in [-0.25, -0.2) is 0 Å². The zero-order valence-electron chi connectivity index (χ0n) is 28.5. The van der Waals surface area contributed by atoms with Crippen molar-refractivity contribution in [1.29, 1.82) is 0 Å². The molecule has 1 aromatic heterocycles. The summed E-state index contributed by atoms with van der Waals surface area (Å²) in [5.74, 6) is -0.231. The molecule has 5 unspecified atom stereocenters. The number of ether oxygens (including phenoxy) is 1. The zero-order valence-corrected chi connectivity index (χ0v) is 28.5. The van der Waals surface area contributed by atoms with Crippen LogP contribution in [0.1, 0.15) is 68.7 Å². The molecule has 3 aromatic rings. The summed E-state index contributed by atoms with van der Waals surface area (Å²) in [4.78, 5) is 36.4. The lowest BCUT2D eigenvalue weighted by molar-refractivity contribution is -0.132. The second kappa shape index (κ2) is 16.1. The smallest absolute Gasteiger partial charge is 0.239 e. The Hall–Kier alpha value is -3.43. The number of β-amino-alcohol motifs (C(OH)–C–C–N with tert-alkyl or cyclic N) is 1. The molecule has 8 nitrogen and oxygen atoms in total. The third kappa shape index (κ3) is 9.80. The molecule has 0 radical (unpaired) electrons. The highest BCUT2D eigenvalue weighted by molar-refractivity contribution is 5.83. The summed E-state index contributed by atoms with van der Waals surface area (Å²) in [5.41, 5.74) is 4.27. The first-order chi connectivity index (χ1) is 22.6. The van der Waals surface area contributed by atoms with Crippen LogP contribution in [-0.2, 0) is 33.7 Å². The molecular weight excluding hydrogens is 588 g/mol. The van der Waals surface area contributed by atoms with Crippen molar-refractivity contribution in [1.82, 2.24) is 20.1 Å². The van der Waals surface area contributed by atoms with Crippen LogP contribution in [0, 0.1) is 5.92 Å². The molecule has 252 valence electrons. The van der Waals surface area contributed by atoms with E-state index in [0.717, 1.165) is 24.1 Å². The first-order valence-electron chi connectivity index (χ1n) is 17.2. The number of ketones is 1. The Bertz CT molecular complexity index is 1440. The first kappa shape index (κ1) is 34.9. The van der Waals surface area contributed by atoms with E-state index in [4.69, 9.17) is 4.74 Å². The SMILES string of the molecule is CCOC1Cc2ccccc2C1CC(=O)C(Cc1ccccc1)CC(O)CN1CCN(Cc2cccnc2)CC1C(=O)NC(C)(C)C. The van der Waals surface area contributed by atoms with Crippen LogP contribution in [0.4, 0.5) is 0 Å². The van der Waals surface area contributed by atoms with E-state index >= 15 is 0 Å². The number of pyridine rings is 1. The van der Waals surface area contributed by atoms with E-state index in [1.165, 1.54) is 11.1 Å². The summed E-state index contributed by atoms with van der Waals surface area (Å²) in [6.45, 7) is 11.6. The van der Waals surface area contributed by atoms with E-state index < -0.39 is 12.1 Å². The fourth-order valence-electron chi connectivity index (χ4n) is 7.25. The monoisotopic (exact) mass is 640 g/mol. The highest BCUT2D eigenvalue weighted by atomic mass is 16.5. The van der Waals surface area contributed by atoms with Gasteiger partial charge in [-0.15, -0.1) is 0 Å². The Labute approximate surface area is 280 Å². The number of carbonyl (C=O) groups is 2. The number of hydrogen-bond donors (Lipinski definition) is 2. The van der Waals surface area contributed by atoms with Gasteiger partial charge >= 0.3 is 0 Å². The molecular formula is C39H52N4O4. The Balaban J connectivity index is 1.30. The number of aliphatic hydroxyl groups excluding tert-OH is 1. The molecule has 2 N–H and O–H groups in total. The number of rotatable bonds is 14. The van der Waals surface area contributed by atoms with Crippen molar-refractivity contribution < 1.29 is 19.4 Å². The van der Waals surface area contributed by atoms with Crippen LogP contribution in [0.25, 0.3) is 0 Å². The normalized spacial score (nSPS) is 21.6. The van der Waals surface area contributed by atoms with Gasteiger partial charge in [0.2, 0.25) is 5.91 Å². The Morgan fingerprint density at radius 1 is 1.02 bits per heavy atom. The number of benzene rings is 2. The molecule has 0 bridgehead atoms. The molecule has 2 aliphatic rings. The summed E-state index contributed by atoms with van der Waals surface area (Å²) in [5, 5.41) is 14.8. The molecule has 1 amide bonds. The second-order valence-corrected chi connectivity index (χ2v) is 14.3. The van der Waals surface area contributed by atoms with Crippen molar-refractivity contribution in [3.8, 4) is 0 Å². The van der Waals surface area contributed by atoms with E-state index in [9.17, 15) is 14.7 Å². The number of piperazine rings is 1. The predicted octanol–water partition coefficient (Wildman–Crippen LogP) is 4.80. The summed E-state index contributed by atoms with van der Waals surface area (Å²) >= 11 is 0. The van der Waals surface area contributed by atoms with Crippen molar-refractivity contribution in [2.24, 2.45) is 5.92 Å². The molecule has 5 atom stereocenters. The minimum atomic E-state index is -0.763. The van der Waals surface area contributed by atoms with Crippen molar-refractivity contribution in [3.05, 3.63) is 101 Å². The molecule has 0 spiro atoms. The van der Waals surface area contributed by atoms with Gasteiger partial charge in [0.1, 0.15) is 11.8 Å². The average Bonchev–Trinajstić information content (AvgIpc) is 3.38. The third-order valence-electron chi connectivity index (χ3n) is 9.41. The third-order valence-corrected chi connectivity index (χ3v) is 9.41. The number of aromatic nitrogens is 1. The second-order valence-electron chi connectivity index (χ2n) is 14.3. The van der Waals surface area contributed by atoms with Crippen molar-refractivity contribution >= 4 is 11.7 Å². The highest BCUT2D eigenvalue weighted by Gasteiger charge is 2.38. The summed E-state index contributed by atoms with van der Waals surface area (Å²) in [6, 6.07) is 22.0. The molecule has 8 heteroatoms. The molecule has 2 aromatic carbocycles. The van der Waals surface area contributed by atoms with Crippen LogP contribution in [-0.4, -0.2) is 88.2 Å². The van der Waals surface area contributed by atoms with Gasteiger partial charge in [-0.1, -0.05) is 60.7 Å². The van der Waals surface area contributed by atoms with Crippen molar-refractivity contribution in [3.63, 3.8) is 0 Å². The standard InChI is InChI=1S/C39H52N4O4/c1-5-47-37-22-30-15-9-10-16-33(30)34(37)23-36(45)31(20-28-12-7-6-8-13-28)21-32(44)26-43-19-18-42(25-29-14-11-17-40-24-29)27-35(43)38(46)41-39(2,3)4/h6-17,24,31-32,34-35,37,44H,5,18-23,25-27H2,1-4H3,(H,41,46). The molecule has 1 aliphatic carbocycles. The minimum Gasteiger partial charge on any atom is -0.392 e. The Morgan fingerprint density at radius 3 is 2.49 bits per heavy atom. The lowest BCUT2D eigenvalue weighted by Crippen LogP contribution is -2.61. The first-order valence-corrected chi connectivity index (χ1v) is 17.2. The number of nitrogens with zero attached hydrogens (tertiary/aromatic N) is 3. The average molecular weight is 641 g/mol. The predicted molar refractivity (Wildman–Crippen MR) is 185 cm³/mol. The summed E-state index contributed by atoms with van der Waals surface area (Å²) in [6.07, 6.45) is 4.96. The van der Waals surface area contributed by atoms with Crippen molar-refractivity contribution in [2.75, 3.05) is 32.8 Å². The van der Waals surface area contributed by atoms with Crippen molar-refractivity contribution in [2.45, 2.75) is 89.6 Å². The lowest BCUT2D eigenvalue weighted by atomic mass is 9.83. The summed E-state index contributed by atoms with van der Waals surface area (Å²) < 4.78 is 6.14. The minimum absolute atomic E-state index is 0.00688. The van der Waals surface area contributed by atoms with Crippen LogP contribution in [0.15, 0.2) is 79.1 Å². The van der Waals surface area contributed by atoms with E-state index in [1.54, 1.807) is 6.20 Å². The van der Waals surface area contributed by atoms with Crippen LogP contribution >= 0.6 is 0 Å². The van der Waals surface area contributed by atoms with Gasteiger partial charge in [-0.2, -0.15) is 0 Å². The number of Topliss-reactive ketones (excluding diaryl/α,β-unsaturated/α-hetero) is 1. The van der Waals surface area contributed by atoms with Gasteiger partial charge in [-0.3, -0.25) is 24.4 Å². The topological polar surface area (TPSA) is 95.0 Å². The zero-order chi connectivity index (χ0) is 33.4. The van der Waals surface area contributed by atoms with Crippen LogP contribution < -0.4 is 5.32 Å². The number of hydrogen-bond acceptors (Lipinski definition) is 7. The largest absolute Gasteiger partial charge is 0.392 e. The maximum Gasteiger partial charge on any atom is 0.239 e. The van der Waals surface area contributed by atoms with Crippen LogP contribution in [0.3, 0.4) is 0 Å². The summed E-state index contributed by atoms with van der Waals surface area (Å²) in [7, 11) is 0. The molecule has 47 heavy (non-hydrogen) atoms. The van der Waals surface area contributed by atoms with E-state index in [1.807, 2.05) is 70.3 Å². The molecule has 0 saturated carbocycles. The molecule has 1 fully saturated rings. The van der Waals surface area contributed by atoms with E-state index in [2.05, 4.69) is 50.4 Å². The van der Waals surface area contributed by atoms with E-state index in [0.29, 0.717) is 52.0 Å². The van der Waals surface area contributed by atoms with Gasteiger partial charge in [-0.05, 0) is 75.3 Å². The molecule has 2 heterocycles. The number of nitrogens with one attached hydrogen (secondary N) is 1. The Kier molecular flexibility index (Phi) is 12.0. The molecule has 1 aliphatic heterocycles. The maximum absolute atomic E-state index is 14.2. The molecule has 1 saturated heterocycles. The number of fused-ring (bicyclic) bond motifs is 1. The fourth-order valence-corrected chi connectivity index (χ4v) is 7.25.